The van der Waals surface area contributed by atoms with Gasteiger partial charge < -0.3 is 10.1 Å². The molecule has 0 radical (unpaired) electrons. The normalized spacial score (nSPS) is 18.4. The quantitative estimate of drug-likeness (QED) is 0.751. The molecule has 0 aromatic carbocycles. The van der Waals surface area contributed by atoms with Crippen LogP contribution in [0.15, 0.2) is 0 Å². The van der Waals surface area contributed by atoms with Crippen molar-refractivity contribution in [3.05, 3.63) is 0 Å². The Hall–Kier alpha value is -0.220. The molecule has 1 fully saturated rings. The maximum Gasteiger partial charge on any atom is 0.312 e. The Labute approximate surface area is 103 Å². The van der Waals surface area contributed by atoms with Gasteiger partial charge in [0.15, 0.2) is 0 Å². The Bertz CT molecular complexity index is 225. The molecule has 16 heavy (non-hydrogen) atoms. The average Bonchev–Trinajstić information content (AvgIpc) is 2.29. The molecule has 4 heteroatoms. The predicted octanol–water partition coefficient (Wildman–Crippen LogP) is 1.92. The van der Waals surface area contributed by atoms with E-state index in [1.165, 1.54) is 31.5 Å². The fraction of sp³-hybridized carbons (Fsp3) is 0.917. The molecule has 1 heterocycles. The van der Waals surface area contributed by atoms with Gasteiger partial charge >= 0.3 is 5.97 Å². The van der Waals surface area contributed by atoms with Crippen LogP contribution in [-0.4, -0.2) is 37.7 Å². The first-order chi connectivity index (χ1) is 7.56. The lowest BCUT2D eigenvalue weighted by Crippen LogP contribution is -2.39. The highest BCUT2D eigenvalue weighted by Gasteiger charge is 2.28. The van der Waals surface area contributed by atoms with Crippen LogP contribution in [0.25, 0.3) is 0 Å². The molecule has 1 N–H and O–H groups in total. The third-order valence-electron chi connectivity index (χ3n) is 3.08. The Balaban J connectivity index is 2.20. The molecule has 0 spiro atoms. The summed E-state index contributed by atoms with van der Waals surface area (Å²) in [5, 5.41) is 3.40. The van der Waals surface area contributed by atoms with Gasteiger partial charge in [0.05, 0.1) is 12.5 Å². The number of hydrogen-bond acceptors (Lipinski definition) is 4. The molecular weight excluding hydrogens is 222 g/mol. The van der Waals surface area contributed by atoms with E-state index in [4.69, 9.17) is 4.74 Å². The van der Waals surface area contributed by atoms with Gasteiger partial charge in [-0.05, 0) is 50.7 Å². The van der Waals surface area contributed by atoms with Crippen molar-refractivity contribution in [2.24, 2.45) is 11.3 Å². The highest BCUT2D eigenvalue weighted by molar-refractivity contribution is 7.99. The molecule has 1 aliphatic rings. The zero-order chi connectivity index (χ0) is 12.0. The highest BCUT2D eigenvalue weighted by Crippen LogP contribution is 2.22. The number of esters is 1. The number of carbonyl (C=O) groups is 1. The summed E-state index contributed by atoms with van der Waals surface area (Å²) in [5.41, 5.74) is -0.418. The molecule has 0 aromatic rings. The van der Waals surface area contributed by atoms with E-state index in [1.54, 1.807) is 0 Å². The van der Waals surface area contributed by atoms with Gasteiger partial charge in [-0.1, -0.05) is 0 Å². The van der Waals surface area contributed by atoms with Crippen molar-refractivity contribution in [3.63, 3.8) is 0 Å². The Morgan fingerprint density at radius 1 is 1.44 bits per heavy atom. The molecule has 3 nitrogen and oxygen atoms in total. The summed E-state index contributed by atoms with van der Waals surface area (Å²) in [5.74, 6) is 3.22. The zero-order valence-corrected chi connectivity index (χ0v) is 11.4. The van der Waals surface area contributed by atoms with Gasteiger partial charge in [0, 0.05) is 6.54 Å². The first kappa shape index (κ1) is 13.8. The summed E-state index contributed by atoms with van der Waals surface area (Å²) in [4.78, 5) is 11.5. The molecule has 0 aromatic heterocycles. The topological polar surface area (TPSA) is 38.3 Å². The number of nitrogens with one attached hydrogen (secondary N) is 1. The number of thioether (sulfide) groups is 1. The number of rotatable bonds is 5. The van der Waals surface area contributed by atoms with Crippen molar-refractivity contribution < 1.29 is 9.53 Å². The van der Waals surface area contributed by atoms with Crippen molar-refractivity contribution in [1.29, 1.82) is 0 Å². The van der Waals surface area contributed by atoms with Gasteiger partial charge in [0.2, 0.25) is 0 Å². The fourth-order valence-corrected chi connectivity index (χ4v) is 3.09. The molecular formula is C12H23NO2S. The second-order valence-corrected chi connectivity index (χ2v) is 6.29. The number of carbonyl (C=O) groups excluding carboxylic acids is 1. The first-order valence-corrected chi connectivity index (χ1v) is 7.08. The predicted molar refractivity (Wildman–Crippen MR) is 68.7 cm³/mol. The summed E-state index contributed by atoms with van der Waals surface area (Å²) in [6.07, 6.45) is 2.60. The van der Waals surface area contributed by atoms with Gasteiger partial charge in [-0.3, -0.25) is 4.79 Å². The lowest BCUT2D eigenvalue weighted by Gasteiger charge is -2.25. The summed E-state index contributed by atoms with van der Waals surface area (Å²) in [6, 6.07) is 0. The molecule has 0 atom stereocenters. The maximum absolute atomic E-state index is 11.5. The molecule has 0 amide bonds. The van der Waals surface area contributed by atoms with Gasteiger partial charge in [-0.2, -0.15) is 11.8 Å². The third-order valence-corrected chi connectivity index (χ3v) is 4.13. The van der Waals surface area contributed by atoms with E-state index in [2.05, 4.69) is 5.32 Å². The van der Waals surface area contributed by atoms with Crippen LogP contribution >= 0.6 is 11.8 Å². The Kier molecular flexibility index (Phi) is 5.62. The Morgan fingerprint density at radius 2 is 2.06 bits per heavy atom. The average molecular weight is 245 g/mol. The number of hydrogen-bond donors (Lipinski definition) is 1. The third kappa shape index (κ3) is 4.34. The summed E-state index contributed by atoms with van der Waals surface area (Å²) in [6.45, 7) is 5.56. The second kappa shape index (κ2) is 6.50. The van der Waals surface area contributed by atoms with Crippen LogP contribution < -0.4 is 5.32 Å². The minimum atomic E-state index is -0.418. The van der Waals surface area contributed by atoms with Crippen molar-refractivity contribution in [2.45, 2.75) is 26.7 Å². The molecule has 94 valence electrons. The SMILES string of the molecule is COC(=O)C(C)(C)CNCC1CCSCC1. The first-order valence-electron chi connectivity index (χ1n) is 5.93. The fourth-order valence-electron chi connectivity index (χ4n) is 1.89. The largest absolute Gasteiger partial charge is 0.469 e. The Morgan fingerprint density at radius 3 is 2.62 bits per heavy atom. The van der Waals surface area contributed by atoms with E-state index in [0.717, 1.165) is 12.5 Å². The van der Waals surface area contributed by atoms with E-state index in [9.17, 15) is 4.79 Å². The molecule has 0 bridgehead atoms. The van der Waals surface area contributed by atoms with Crippen molar-refractivity contribution in [2.75, 3.05) is 31.7 Å². The van der Waals surface area contributed by atoms with E-state index in [1.807, 2.05) is 25.6 Å². The van der Waals surface area contributed by atoms with Gasteiger partial charge in [-0.25, -0.2) is 0 Å². The van der Waals surface area contributed by atoms with Crippen LogP contribution in [0.1, 0.15) is 26.7 Å². The molecule has 1 saturated heterocycles. The molecule has 0 aliphatic carbocycles. The maximum atomic E-state index is 11.5. The van der Waals surface area contributed by atoms with Crippen LogP contribution in [0, 0.1) is 11.3 Å². The van der Waals surface area contributed by atoms with E-state index in [0.29, 0.717) is 6.54 Å². The van der Waals surface area contributed by atoms with Crippen LogP contribution in [0.3, 0.4) is 0 Å². The molecule has 1 rings (SSSR count). The van der Waals surface area contributed by atoms with E-state index in [-0.39, 0.29) is 5.97 Å². The lowest BCUT2D eigenvalue weighted by molar-refractivity contribution is -0.150. The van der Waals surface area contributed by atoms with Crippen molar-refractivity contribution in [3.8, 4) is 0 Å². The lowest BCUT2D eigenvalue weighted by atomic mass is 9.93. The van der Waals surface area contributed by atoms with Crippen LogP contribution in [0.2, 0.25) is 0 Å². The summed E-state index contributed by atoms with van der Waals surface area (Å²) >= 11 is 2.04. The van der Waals surface area contributed by atoms with Crippen molar-refractivity contribution in [1.82, 2.24) is 5.32 Å². The standard InChI is InChI=1S/C12H23NO2S/c1-12(2,11(14)15-3)9-13-8-10-4-6-16-7-5-10/h10,13H,4-9H2,1-3H3. The zero-order valence-electron chi connectivity index (χ0n) is 10.5. The second-order valence-electron chi connectivity index (χ2n) is 5.06. The summed E-state index contributed by atoms with van der Waals surface area (Å²) in [7, 11) is 1.45. The van der Waals surface area contributed by atoms with E-state index >= 15 is 0 Å². The number of ether oxygens (including phenoxy) is 1. The minimum Gasteiger partial charge on any atom is -0.469 e. The molecule has 0 unspecified atom stereocenters. The van der Waals surface area contributed by atoms with Gasteiger partial charge in [-0.15, -0.1) is 0 Å². The van der Waals surface area contributed by atoms with Gasteiger partial charge in [0.25, 0.3) is 0 Å². The smallest absolute Gasteiger partial charge is 0.312 e. The molecule has 0 saturated carbocycles. The highest BCUT2D eigenvalue weighted by atomic mass is 32.2. The minimum absolute atomic E-state index is 0.140. The van der Waals surface area contributed by atoms with Crippen LogP contribution in [-0.2, 0) is 9.53 Å². The van der Waals surface area contributed by atoms with Crippen LogP contribution in [0.5, 0.6) is 0 Å². The summed E-state index contributed by atoms with van der Waals surface area (Å²) < 4.78 is 4.78. The van der Waals surface area contributed by atoms with Crippen LogP contribution in [0.4, 0.5) is 0 Å². The molecule has 1 aliphatic heterocycles. The van der Waals surface area contributed by atoms with E-state index < -0.39 is 5.41 Å². The number of methoxy groups -OCH3 is 1. The van der Waals surface area contributed by atoms with Crippen molar-refractivity contribution >= 4 is 17.7 Å². The monoisotopic (exact) mass is 245 g/mol. The van der Waals surface area contributed by atoms with Gasteiger partial charge in [0.1, 0.15) is 0 Å².